The highest BCUT2D eigenvalue weighted by Gasteiger charge is 2.36. The third-order valence-corrected chi connectivity index (χ3v) is 2.65. The van der Waals surface area contributed by atoms with E-state index in [-0.39, 0.29) is 16.6 Å². The minimum absolute atomic E-state index is 0.283. The molecule has 2 nitrogen and oxygen atoms in total. The van der Waals surface area contributed by atoms with Gasteiger partial charge in [0, 0.05) is 29.1 Å². The van der Waals surface area contributed by atoms with Crippen LogP contribution in [0.15, 0.2) is 24.4 Å². The summed E-state index contributed by atoms with van der Waals surface area (Å²) in [6.45, 7) is 9.89. The Hall–Kier alpha value is -1.18. The Morgan fingerprint density at radius 1 is 1.19 bits per heavy atom. The number of pyridine rings is 1. The van der Waals surface area contributed by atoms with E-state index in [0.717, 1.165) is 5.69 Å². The van der Waals surface area contributed by atoms with E-state index in [1.165, 1.54) is 0 Å². The fourth-order valence-corrected chi connectivity index (χ4v) is 2.05. The highest BCUT2D eigenvalue weighted by molar-refractivity contribution is 5.88. The van der Waals surface area contributed by atoms with Crippen LogP contribution in [0.3, 0.4) is 0 Å². The van der Waals surface area contributed by atoms with Crippen LogP contribution in [-0.2, 0) is 11.2 Å². The number of ketones is 1. The summed E-state index contributed by atoms with van der Waals surface area (Å²) in [6.07, 6.45) is 2.47. The van der Waals surface area contributed by atoms with Crippen molar-refractivity contribution in [3.8, 4) is 0 Å². The maximum absolute atomic E-state index is 12.3. The predicted octanol–water partition coefficient (Wildman–Crippen LogP) is 3.27. The Kier molecular flexibility index (Phi) is 3.51. The molecule has 1 aromatic rings. The van der Waals surface area contributed by atoms with E-state index >= 15 is 0 Å². The van der Waals surface area contributed by atoms with Crippen molar-refractivity contribution < 1.29 is 4.79 Å². The topological polar surface area (TPSA) is 30.0 Å². The fraction of sp³-hybridized carbons (Fsp3) is 0.571. The molecule has 0 aliphatic carbocycles. The van der Waals surface area contributed by atoms with Crippen molar-refractivity contribution in [3.63, 3.8) is 0 Å². The molecule has 1 rings (SSSR count). The highest BCUT2D eigenvalue weighted by atomic mass is 16.1. The van der Waals surface area contributed by atoms with E-state index in [1.807, 2.05) is 52.8 Å². The van der Waals surface area contributed by atoms with Crippen LogP contribution in [-0.4, -0.2) is 10.8 Å². The Bertz CT molecular complexity index is 360. The van der Waals surface area contributed by atoms with Gasteiger partial charge in [-0.2, -0.15) is 0 Å². The van der Waals surface area contributed by atoms with Gasteiger partial charge in [0.25, 0.3) is 0 Å². The molecule has 0 fully saturated rings. The van der Waals surface area contributed by atoms with Crippen LogP contribution in [0.4, 0.5) is 0 Å². The molecule has 0 aliphatic rings. The molecule has 2 heteroatoms. The summed E-state index contributed by atoms with van der Waals surface area (Å²) >= 11 is 0. The first-order valence-corrected chi connectivity index (χ1v) is 5.68. The van der Waals surface area contributed by atoms with Crippen LogP contribution in [0.25, 0.3) is 0 Å². The van der Waals surface area contributed by atoms with E-state index < -0.39 is 0 Å². The first-order valence-electron chi connectivity index (χ1n) is 5.68. The first-order chi connectivity index (χ1) is 7.23. The third-order valence-electron chi connectivity index (χ3n) is 2.65. The normalized spacial score (nSPS) is 12.6. The van der Waals surface area contributed by atoms with Crippen molar-refractivity contribution in [1.29, 1.82) is 0 Å². The second-order valence-corrected chi connectivity index (χ2v) is 5.96. The molecule has 0 saturated carbocycles. The van der Waals surface area contributed by atoms with Gasteiger partial charge in [-0.3, -0.25) is 9.78 Å². The summed E-state index contributed by atoms with van der Waals surface area (Å²) in [5, 5.41) is 0. The molecule has 16 heavy (non-hydrogen) atoms. The average molecular weight is 219 g/mol. The standard InChI is InChI=1S/C14H21NO/c1-13(2,3)12(16)14(4,5)10-11-8-6-7-9-15-11/h6-9H,10H2,1-5H3. The lowest BCUT2D eigenvalue weighted by atomic mass is 9.72. The van der Waals surface area contributed by atoms with Crippen molar-refractivity contribution in [2.24, 2.45) is 10.8 Å². The lowest BCUT2D eigenvalue weighted by Gasteiger charge is -2.30. The lowest BCUT2D eigenvalue weighted by Crippen LogP contribution is -2.36. The predicted molar refractivity (Wildman–Crippen MR) is 66.2 cm³/mol. The van der Waals surface area contributed by atoms with Gasteiger partial charge in [-0.15, -0.1) is 0 Å². The van der Waals surface area contributed by atoms with E-state index in [0.29, 0.717) is 6.42 Å². The molecule has 0 bridgehead atoms. The number of rotatable bonds is 3. The maximum atomic E-state index is 12.3. The average Bonchev–Trinajstić information content (AvgIpc) is 2.16. The van der Waals surface area contributed by atoms with Gasteiger partial charge in [-0.1, -0.05) is 40.7 Å². The highest BCUT2D eigenvalue weighted by Crippen LogP contribution is 2.31. The van der Waals surface area contributed by atoms with Crippen molar-refractivity contribution in [3.05, 3.63) is 30.1 Å². The van der Waals surface area contributed by atoms with Gasteiger partial charge in [-0.05, 0) is 12.1 Å². The summed E-state index contributed by atoms with van der Waals surface area (Å²) < 4.78 is 0. The van der Waals surface area contributed by atoms with Gasteiger partial charge in [0.05, 0.1) is 0 Å². The zero-order valence-corrected chi connectivity index (χ0v) is 10.9. The van der Waals surface area contributed by atoms with Gasteiger partial charge >= 0.3 is 0 Å². The van der Waals surface area contributed by atoms with Gasteiger partial charge in [-0.25, -0.2) is 0 Å². The molecule has 0 radical (unpaired) electrons. The van der Waals surface area contributed by atoms with Crippen molar-refractivity contribution in [2.75, 3.05) is 0 Å². The summed E-state index contributed by atoms with van der Waals surface area (Å²) in [6, 6.07) is 5.82. The van der Waals surface area contributed by atoms with Crippen molar-refractivity contribution in [1.82, 2.24) is 4.98 Å². The molecule has 0 spiro atoms. The van der Waals surface area contributed by atoms with Crippen LogP contribution in [0.1, 0.15) is 40.3 Å². The van der Waals surface area contributed by atoms with E-state index in [9.17, 15) is 4.79 Å². The monoisotopic (exact) mass is 219 g/mol. The lowest BCUT2D eigenvalue weighted by molar-refractivity contribution is -0.135. The Morgan fingerprint density at radius 3 is 2.25 bits per heavy atom. The summed E-state index contributed by atoms with van der Waals surface area (Å²) in [7, 11) is 0. The van der Waals surface area contributed by atoms with Crippen molar-refractivity contribution in [2.45, 2.75) is 41.0 Å². The van der Waals surface area contributed by atoms with Crippen LogP contribution < -0.4 is 0 Å². The number of carbonyl (C=O) groups excluding carboxylic acids is 1. The summed E-state index contributed by atoms with van der Waals surface area (Å²) in [5.74, 6) is 0.283. The minimum atomic E-state index is -0.355. The van der Waals surface area contributed by atoms with Gasteiger partial charge in [0.2, 0.25) is 0 Å². The van der Waals surface area contributed by atoms with E-state index in [1.54, 1.807) is 6.20 Å². The largest absolute Gasteiger partial charge is 0.299 e. The van der Waals surface area contributed by atoms with Crippen LogP contribution >= 0.6 is 0 Å². The zero-order chi connectivity index (χ0) is 12.4. The molecular formula is C14H21NO. The molecule has 0 atom stereocenters. The fourth-order valence-electron chi connectivity index (χ4n) is 2.05. The third kappa shape index (κ3) is 3.16. The molecule has 1 heterocycles. The molecule has 0 aromatic carbocycles. The molecule has 0 N–H and O–H groups in total. The Labute approximate surface area is 98.1 Å². The maximum Gasteiger partial charge on any atom is 0.144 e. The Morgan fingerprint density at radius 2 is 1.81 bits per heavy atom. The summed E-state index contributed by atoms with van der Waals surface area (Å²) in [4.78, 5) is 16.5. The number of carbonyl (C=O) groups is 1. The first kappa shape index (κ1) is 12.9. The van der Waals surface area contributed by atoms with Crippen LogP contribution in [0.2, 0.25) is 0 Å². The Balaban J connectivity index is 2.84. The van der Waals surface area contributed by atoms with Gasteiger partial charge in [0.15, 0.2) is 0 Å². The van der Waals surface area contributed by atoms with Gasteiger partial charge < -0.3 is 0 Å². The quantitative estimate of drug-likeness (QED) is 0.781. The number of aromatic nitrogens is 1. The second kappa shape index (κ2) is 4.36. The number of Topliss-reactive ketones (excluding diaryl/α,β-unsaturated/α-hetero) is 1. The molecule has 0 saturated heterocycles. The van der Waals surface area contributed by atoms with Gasteiger partial charge in [0.1, 0.15) is 5.78 Å². The number of nitrogens with zero attached hydrogens (tertiary/aromatic N) is 1. The van der Waals surface area contributed by atoms with E-state index in [4.69, 9.17) is 0 Å². The smallest absolute Gasteiger partial charge is 0.144 e. The van der Waals surface area contributed by atoms with Crippen LogP contribution in [0.5, 0.6) is 0 Å². The minimum Gasteiger partial charge on any atom is -0.299 e. The molecule has 0 unspecified atom stereocenters. The molecular weight excluding hydrogens is 198 g/mol. The number of hydrogen-bond donors (Lipinski definition) is 0. The molecule has 0 amide bonds. The SMILES string of the molecule is CC(C)(C)C(=O)C(C)(C)Cc1ccccn1. The molecule has 0 aliphatic heterocycles. The molecule has 88 valence electrons. The zero-order valence-electron chi connectivity index (χ0n) is 10.9. The van der Waals surface area contributed by atoms with Crippen molar-refractivity contribution >= 4 is 5.78 Å². The van der Waals surface area contributed by atoms with E-state index in [2.05, 4.69) is 4.98 Å². The second-order valence-electron chi connectivity index (χ2n) is 5.96. The van der Waals surface area contributed by atoms with Crippen LogP contribution in [0, 0.1) is 10.8 Å². The summed E-state index contributed by atoms with van der Waals surface area (Å²) in [5.41, 5.74) is 0.329. The number of hydrogen-bond acceptors (Lipinski definition) is 2. The molecule has 1 aromatic heterocycles.